The molecule has 0 spiro atoms. The second-order valence-corrected chi connectivity index (χ2v) is 6.11. The number of hydrogen-bond donors (Lipinski definition) is 2. The number of imidazole rings is 1. The Morgan fingerprint density at radius 1 is 1.10 bits per heavy atom. The maximum atomic E-state index is 12.0. The van der Waals surface area contributed by atoms with E-state index in [0.717, 1.165) is 16.3 Å². The van der Waals surface area contributed by atoms with Crippen LogP contribution >= 0.6 is 0 Å². The lowest BCUT2D eigenvalue weighted by Gasteiger charge is -2.08. The fraction of sp³-hybridized carbons (Fsp3) is 0.0714. The highest BCUT2D eigenvalue weighted by Gasteiger charge is 2.15. The van der Waals surface area contributed by atoms with Crippen LogP contribution in [0.4, 0.5) is 0 Å². The molecule has 0 aliphatic rings. The molecule has 0 aliphatic carbocycles. The Labute approximate surface area is 116 Å². The van der Waals surface area contributed by atoms with Crippen LogP contribution in [0.1, 0.15) is 5.56 Å². The van der Waals surface area contributed by atoms with Gasteiger partial charge in [0.2, 0.25) is 0 Å². The summed E-state index contributed by atoms with van der Waals surface area (Å²) in [7, 11) is -3.55. The zero-order valence-electron chi connectivity index (χ0n) is 10.6. The van der Waals surface area contributed by atoms with Crippen molar-refractivity contribution < 1.29 is 8.42 Å². The van der Waals surface area contributed by atoms with Gasteiger partial charge in [-0.1, -0.05) is 42.5 Å². The molecular formula is C14H13N3O2S. The van der Waals surface area contributed by atoms with Gasteiger partial charge in [0.05, 0.1) is 12.5 Å². The minimum atomic E-state index is -3.55. The zero-order chi connectivity index (χ0) is 14.0. The second-order valence-electron chi connectivity index (χ2n) is 4.38. The molecule has 5 nitrogen and oxygen atoms in total. The number of hydrogen-bond acceptors (Lipinski definition) is 3. The summed E-state index contributed by atoms with van der Waals surface area (Å²) >= 11 is 0. The van der Waals surface area contributed by atoms with E-state index in [1.807, 2.05) is 42.5 Å². The molecule has 20 heavy (non-hydrogen) atoms. The molecule has 0 unspecified atom stereocenters. The van der Waals surface area contributed by atoms with Crippen molar-refractivity contribution in [3.05, 3.63) is 60.6 Å². The average Bonchev–Trinajstić information content (AvgIpc) is 3.00. The lowest BCUT2D eigenvalue weighted by atomic mass is 10.1. The molecular weight excluding hydrogens is 274 g/mol. The second kappa shape index (κ2) is 5.07. The Hall–Kier alpha value is -2.18. The first-order valence-corrected chi connectivity index (χ1v) is 7.60. The molecule has 0 saturated heterocycles. The van der Waals surface area contributed by atoms with Crippen LogP contribution in [0, 0.1) is 0 Å². The van der Waals surface area contributed by atoms with Crippen LogP contribution in [0.5, 0.6) is 0 Å². The first-order valence-electron chi connectivity index (χ1n) is 6.11. The van der Waals surface area contributed by atoms with Crippen molar-refractivity contribution in [3.63, 3.8) is 0 Å². The molecule has 0 bridgehead atoms. The predicted octanol–water partition coefficient (Wildman–Crippen LogP) is 2.04. The number of benzene rings is 2. The number of aromatic nitrogens is 2. The number of nitrogens with one attached hydrogen (secondary N) is 2. The van der Waals surface area contributed by atoms with Crippen molar-refractivity contribution in [1.29, 1.82) is 0 Å². The van der Waals surface area contributed by atoms with Crippen LogP contribution < -0.4 is 4.72 Å². The van der Waals surface area contributed by atoms with Gasteiger partial charge >= 0.3 is 0 Å². The quantitative estimate of drug-likeness (QED) is 0.771. The van der Waals surface area contributed by atoms with Crippen molar-refractivity contribution in [2.75, 3.05) is 0 Å². The van der Waals surface area contributed by atoms with Crippen LogP contribution in [-0.2, 0) is 16.6 Å². The normalized spacial score (nSPS) is 11.8. The molecule has 1 aromatic heterocycles. The predicted molar refractivity (Wildman–Crippen MR) is 76.6 cm³/mol. The van der Waals surface area contributed by atoms with E-state index in [2.05, 4.69) is 14.7 Å². The van der Waals surface area contributed by atoms with Gasteiger partial charge in [0, 0.05) is 6.54 Å². The molecule has 3 aromatic rings. The summed E-state index contributed by atoms with van der Waals surface area (Å²) < 4.78 is 26.6. The molecule has 0 aliphatic heterocycles. The average molecular weight is 287 g/mol. The van der Waals surface area contributed by atoms with E-state index < -0.39 is 10.0 Å². The third-order valence-corrected chi connectivity index (χ3v) is 4.42. The minimum absolute atomic E-state index is 0.0673. The molecule has 2 N–H and O–H groups in total. The SMILES string of the molecule is O=S(=O)(NCc1cccc2ccccc12)c1cnc[nH]1. The summed E-state index contributed by atoms with van der Waals surface area (Å²) in [6.07, 6.45) is 2.62. The van der Waals surface area contributed by atoms with Crippen LogP contribution in [0.2, 0.25) is 0 Å². The Kier molecular flexibility index (Phi) is 3.25. The number of nitrogens with zero attached hydrogens (tertiary/aromatic N) is 1. The van der Waals surface area contributed by atoms with Gasteiger partial charge in [0.1, 0.15) is 0 Å². The van der Waals surface area contributed by atoms with Crippen LogP contribution in [0.15, 0.2) is 60.0 Å². The largest absolute Gasteiger partial charge is 0.335 e. The molecule has 102 valence electrons. The fourth-order valence-corrected chi connectivity index (χ4v) is 3.00. The first-order chi connectivity index (χ1) is 9.67. The van der Waals surface area contributed by atoms with Crippen LogP contribution in [-0.4, -0.2) is 18.4 Å². The van der Waals surface area contributed by atoms with E-state index in [9.17, 15) is 8.42 Å². The summed E-state index contributed by atoms with van der Waals surface area (Å²) in [5, 5.41) is 2.20. The third kappa shape index (κ3) is 2.43. The summed E-state index contributed by atoms with van der Waals surface area (Å²) in [6, 6.07) is 13.7. The maximum Gasteiger partial charge on any atom is 0.257 e. The van der Waals surface area contributed by atoms with E-state index in [1.165, 1.54) is 12.5 Å². The van der Waals surface area contributed by atoms with Gasteiger partial charge in [-0.05, 0) is 16.3 Å². The fourth-order valence-electron chi connectivity index (χ4n) is 2.09. The molecule has 0 saturated carbocycles. The monoisotopic (exact) mass is 287 g/mol. The molecule has 6 heteroatoms. The highest BCUT2D eigenvalue weighted by atomic mass is 32.2. The standard InChI is InChI=1S/C14H13N3O2S/c18-20(19,14-9-15-10-16-14)17-8-12-6-3-5-11-4-1-2-7-13(11)12/h1-7,9-10,17H,8H2,(H,15,16). The smallest absolute Gasteiger partial charge is 0.257 e. The number of rotatable bonds is 4. The van der Waals surface area contributed by atoms with Crippen LogP contribution in [0.3, 0.4) is 0 Å². The molecule has 0 radical (unpaired) electrons. The molecule has 0 amide bonds. The van der Waals surface area contributed by atoms with E-state index in [1.54, 1.807) is 0 Å². The lowest BCUT2D eigenvalue weighted by Crippen LogP contribution is -2.23. The summed E-state index contributed by atoms with van der Waals surface area (Å²) in [5.74, 6) is 0. The molecule has 0 atom stereocenters. The highest BCUT2D eigenvalue weighted by molar-refractivity contribution is 7.89. The van der Waals surface area contributed by atoms with Crippen molar-refractivity contribution >= 4 is 20.8 Å². The number of H-pyrrole nitrogens is 1. The van der Waals surface area contributed by atoms with E-state index in [0.29, 0.717) is 0 Å². The highest BCUT2D eigenvalue weighted by Crippen LogP contribution is 2.18. The van der Waals surface area contributed by atoms with Gasteiger partial charge in [0.25, 0.3) is 10.0 Å². The van der Waals surface area contributed by atoms with Crippen molar-refractivity contribution in [1.82, 2.24) is 14.7 Å². The van der Waals surface area contributed by atoms with Crippen molar-refractivity contribution in [2.45, 2.75) is 11.6 Å². The van der Waals surface area contributed by atoms with Gasteiger partial charge in [-0.25, -0.2) is 18.1 Å². The van der Waals surface area contributed by atoms with Crippen LogP contribution in [0.25, 0.3) is 10.8 Å². The van der Waals surface area contributed by atoms with Gasteiger partial charge in [-0.2, -0.15) is 0 Å². The zero-order valence-corrected chi connectivity index (χ0v) is 11.4. The molecule has 2 aromatic carbocycles. The van der Waals surface area contributed by atoms with E-state index in [-0.39, 0.29) is 11.6 Å². The number of aromatic amines is 1. The van der Waals surface area contributed by atoms with Gasteiger partial charge in [-0.3, -0.25) is 0 Å². The Balaban J connectivity index is 1.88. The molecule has 3 rings (SSSR count). The van der Waals surface area contributed by atoms with E-state index in [4.69, 9.17) is 0 Å². The topological polar surface area (TPSA) is 74.8 Å². The van der Waals surface area contributed by atoms with Gasteiger partial charge < -0.3 is 4.98 Å². The number of fused-ring (bicyclic) bond motifs is 1. The first kappa shape index (κ1) is 12.8. The Morgan fingerprint density at radius 2 is 1.90 bits per heavy atom. The van der Waals surface area contributed by atoms with Gasteiger partial charge in [0.15, 0.2) is 5.03 Å². The van der Waals surface area contributed by atoms with Gasteiger partial charge in [-0.15, -0.1) is 0 Å². The molecule has 1 heterocycles. The van der Waals surface area contributed by atoms with Crippen molar-refractivity contribution in [3.8, 4) is 0 Å². The molecule has 0 fully saturated rings. The third-order valence-electron chi connectivity index (χ3n) is 3.10. The lowest BCUT2D eigenvalue weighted by molar-refractivity contribution is 0.578. The summed E-state index contributed by atoms with van der Waals surface area (Å²) in [4.78, 5) is 6.31. The van der Waals surface area contributed by atoms with Crippen molar-refractivity contribution in [2.24, 2.45) is 0 Å². The summed E-state index contributed by atoms with van der Waals surface area (Å²) in [6.45, 7) is 0.239. The summed E-state index contributed by atoms with van der Waals surface area (Å²) in [5.41, 5.74) is 0.936. The number of sulfonamides is 1. The Bertz CT molecular complexity index is 821. The minimum Gasteiger partial charge on any atom is -0.335 e. The maximum absolute atomic E-state index is 12.0. The Morgan fingerprint density at radius 3 is 2.70 bits per heavy atom. The van der Waals surface area contributed by atoms with E-state index >= 15 is 0 Å².